The average molecular weight is 448 g/mol. The Bertz CT molecular complexity index is 836. The maximum Gasteiger partial charge on any atom is 0.187 e. The van der Waals surface area contributed by atoms with Crippen molar-refractivity contribution in [3.05, 3.63) is 58.1 Å². The van der Waals surface area contributed by atoms with Crippen molar-refractivity contribution in [2.24, 2.45) is 0 Å². The summed E-state index contributed by atoms with van der Waals surface area (Å²) in [7, 11) is 0. The largest absolute Gasteiger partial charge is 0.491 e. The van der Waals surface area contributed by atoms with Gasteiger partial charge in [-0.25, -0.2) is 0 Å². The predicted octanol–water partition coefficient (Wildman–Crippen LogP) is 4.20. The van der Waals surface area contributed by atoms with Crippen LogP contribution in [0.4, 0.5) is 0 Å². The number of ether oxygens (including phenoxy) is 2. The predicted molar refractivity (Wildman–Crippen MR) is 111 cm³/mol. The molecule has 2 aromatic carbocycles. The van der Waals surface area contributed by atoms with Crippen LogP contribution in [0.2, 0.25) is 0 Å². The van der Waals surface area contributed by atoms with E-state index in [2.05, 4.69) is 52.0 Å². The molecule has 2 aromatic rings. The van der Waals surface area contributed by atoms with E-state index in [0.717, 1.165) is 22.5 Å². The Morgan fingerprint density at radius 1 is 1.15 bits per heavy atom. The first-order chi connectivity index (χ1) is 13.1. The van der Waals surface area contributed by atoms with Crippen LogP contribution in [-0.2, 0) is 4.74 Å². The van der Waals surface area contributed by atoms with E-state index >= 15 is 0 Å². The van der Waals surface area contributed by atoms with Crippen LogP contribution >= 0.6 is 27.7 Å². The first-order valence-electron chi connectivity index (χ1n) is 9.09. The van der Waals surface area contributed by atoms with Gasteiger partial charge in [0.05, 0.1) is 18.8 Å². The summed E-state index contributed by atoms with van der Waals surface area (Å²) in [5, 5.41) is 0. The first kappa shape index (κ1) is 19.0. The van der Waals surface area contributed by atoms with Crippen molar-refractivity contribution in [2.75, 3.05) is 39.5 Å². The van der Waals surface area contributed by atoms with Gasteiger partial charge < -0.3 is 9.47 Å². The van der Waals surface area contributed by atoms with Gasteiger partial charge in [-0.05, 0) is 37.3 Å². The van der Waals surface area contributed by atoms with Crippen molar-refractivity contribution in [3.8, 4) is 5.75 Å². The number of rotatable bonds is 4. The van der Waals surface area contributed by atoms with Gasteiger partial charge in [-0.15, -0.1) is 11.8 Å². The molecule has 2 aliphatic rings. The highest BCUT2D eigenvalue weighted by atomic mass is 79.9. The van der Waals surface area contributed by atoms with Crippen molar-refractivity contribution in [1.29, 1.82) is 0 Å². The molecule has 4 rings (SSSR count). The van der Waals surface area contributed by atoms with Gasteiger partial charge in [-0.3, -0.25) is 9.69 Å². The fraction of sp³-hybridized carbons (Fsp3) is 0.381. The zero-order valence-electron chi connectivity index (χ0n) is 15.2. The van der Waals surface area contributed by atoms with Crippen molar-refractivity contribution in [1.82, 2.24) is 4.90 Å². The molecule has 27 heavy (non-hydrogen) atoms. The van der Waals surface area contributed by atoms with Crippen molar-refractivity contribution in [2.45, 2.75) is 16.6 Å². The van der Waals surface area contributed by atoms with Gasteiger partial charge in [0.2, 0.25) is 0 Å². The molecule has 0 aromatic heterocycles. The van der Waals surface area contributed by atoms with E-state index in [4.69, 9.17) is 9.47 Å². The van der Waals surface area contributed by atoms with Crippen LogP contribution in [0.25, 0.3) is 0 Å². The van der Waals surface area contributed by atoms with Crippen LogP contribution in [0, 0.1) is 6.92 Å². The summed E-state index contributed by atoms with van der Waals surface area (Å²) in [6.07, 6.45) is 0. The third kappa shape index (κ3) is 4.09. The number of ketones is 1. The monoisotopic (exact) mass is 447 g/mol. The second-order valence-electron chi connectivity index (χ2n) is 7.06. The number of thioether (sulfide) groups is 1. The zero-order valence-corrected chi connectivity index (χ0v) is 17.6. The number of nitrogens with zero attached hydrogens (tertiary/aromatic N) is 1. The Hall–Kier alpha value is -1.34. The number of carbonyl (C=O) groups is 1. The van der Waals surface area contributed by atoms with Gasteiger partial charge in [0.1, 0.15) is 17.1 Å². The second-order valence-corrected chi connectivity index (χ2v) is 9.43. The van der Waals surface area contributed by atoms with E-state index in [9.17, 15) is 4.79 Å². The lowest BCUT2D eigenvalue weighted by Crippen LogP contribution is -2.54. The van der Waals surface area contributed by atoms with Crippen LogP contribution in [0.3, 0.4) is 0 Å². The third-order valence-corrected chi connectivity index (χ3v) is 6.80. The number of halogens is 1. The third-order valence-electron chi connectivity index (χ3n) is 4.98. The number of carbonyl (C=O) groups excluding carboxylic acids is 1. The first-order valence-corrected chi connectivity index (χ1v) is 10.7. The summed E-state index contributed by atoms with van der Waals surface area (Å²) in [4.78, 5) is 17.1. The standard InChI is InChI=1S/C21H22BrNO3S/c1-15-2-5-17(6-3-15)27-21(13-23-8-10-25-11-9-23)14-26-19-7-4-16(22)12-18(19)20(21)24/h2-7,12H,8-11,13-14H2,1H3. The summed E-state index contributed by atoms with van der Waals surface area (Å²) >= 11 is 5.11. The molecule has 2 heterocycles. The summed E-state index contributed by atoms with van der Waals surface area (Å²) < 4.78 is 11.8. The quantitative estimate of drug-likeness (QED) is 0.701. The summed E-state index contributed by atoms with van der Waals surface area (Å²) in [6.45, 7) is 6.20. The Morgan fingerprint density at radius 2 is 1.89 bits per heavy atom. The molecule has 142 valence electrons. The van der Waals surface area contributed by atoms with E-state index in [-0.39, 0.29) is 5.78 Å². The number of fused-ring (bicyclic) bond motifs is 1. The van der Waals surface area contributed by atoms with E-state index in [0.29, 0.717) is 37.7 Å². The SMILES string of the molecule is Cc1ccc(SC2(CN3CCOCC3)COc3ccc(Br)cc3C2=O)cc1. The molecule has 0 amide bonds. The summed E-state index contributed by atoms with van der Waals surface area (Å²) in [5.74, 6) is 0.812. The highest BCUT2D eigenvalue weighted by Crippen LogP contribution is 2.42. The minimum absolute atomic E-state index is 0.141. The molecular weight excluding hydrogens is 426 g/mol. The summed E-state index contributed by atoms with van der Waals surface area (Å²) in [6, 6.07) is 14.0. The van der Waals surface area contributed by atoms with Crippen molar-refractivity contribution >= 4 is 33.5 Å². The van der Waals surface area contributed by atoms with Crippen LogP contribution in [0.5, 0.6) is 5.75 Å². The Labute approximate surface area is 172 Å². The van der Waals surface area contributed by atoms with Gasteiger partial charge >= 0.3 is 0 Å². The van der Waals surface area contributed by atoms with E-state index < -0.39 is 4.75 Å². The molecule has 4 nitrogen and oxygen atoms in total. The molecule has 1 atom stereocenters. The summed E-state index contributed by atoms with van der Waals surface area (Å²) in [5.41, 5.74) is 1.87. The van der Waals surface area contributed by atoms with Crippen molar-refractivity contribution in [3.63, 3.8) is 0 Å². The molecule has 0 saturated carbocycles. The van der Waals surface area contributed by atoms with Crippen LogP contribution < -0.4 is 4.74 Å². The van der Waals surface area contributed by atoms with Gasteiger partial charge in [0.25, 0.3) is 0 Å². The van der Waals surface area contributed by atoms with Crippen LogP contribution in [-0.4, -0.2) is 54.9 Å². The molecule has 1 fully saturated rings. The number of benzene rings is 2. The minimum atomic E-state index is -0.666. The van der Waals surface area contributed by atoms with E-state index in [1.54, 1.807) is 11.8 Å². The van der Waals surface area contributed by atoms with Gasteiger partial charge in [-0.1, -0.05) is 33.6 Å². The Balaban J connectivity index is 1.69. The molecule has 2 aliphatic heterocycles. The maximum absolute atomic E-state index is 13.7. The topological polar surface area (TPSA) is 38.8 Å². The van der Waals surface area contributed by atoms with Crippen LogP contribution in [0.1, 0.15) is 15.9 Å². The second kappa shape index (κ2) is 7.95. The normalized spacial score (nSPS) is 23.0. The van der Waals surface area contributed by atoms with E-state index in [1.807, 2.05) is 18.2 Å². The number of hydrogen-bond donors (Lipinski definition) is 0. The maximum atomic E-state index is 13.7. The Kier molecular flexibility index (Phi) is 5.60. The lowest BCUT2D eigenvalue weighted by Gasteiger charge is -2.40. The fourth-order valence-corrected chi connectivity index (χ4v) is 5.14. The highest BCUT2D eigenvalue weighted by molar-refractivity contribution is 9.10. The smallest absolute Gasteiger partial charge is 0.187 e. The van der Waals surface area contributed by atoms with Crippen molar-refractivity contribution < 1.29 is 14.3 Å². The Morgan fingerprint density at radius 3 is 2.63 bits per heavy atom. The molecule has 0 radical (unpaired) electrons. The lowest BCUT2D eigenvalue weighted by atomic mass is 9.93. The molecule has 1 unspecified atom stereocenters. The molecule has 0 N–H and O–H groups in total. The lowest BCUT2D eigenvalue weighted by molar-refractivity contribution is 0.0287. The number of aryl methyl sites for hydroxylation is 1. The molecule has 0 bridgehead atoms. The molecule has 1 saturated heterocycles. The number of hydrogen-bond acceptors (Lipinski definition) is 5. The molecular formula is C21H22BrNO3S. The minimum Gasteiger partial charge on any atom is -0.491 e. The van der Waals surface area contributed by atoms with Gasteiger partial charge in [0, 0.05) is 29.0 Å². The number of Topliss-reactive ketones (excluding diaryl/α,β-unsaturated/α-hetero) is 1. The zero-order chi connectivity index (χ0) is 18.9. The molecule has 0 aliphatic carbocycles. The fourth-order valence-electron chi connectivity index (χ4n) is 3.49. The number of morpholine rings is 1. The average Bonchev–Trinajstić information content (AvgIpc) is 2.68. The van der Waals surface area contributed by atoms with Gasteiger partial charge in [0.15, 0.2) is 5.78 Å². The highest BCUT2D eigenvalue weighted by Gasteiger charge is 2.46. The van der Waals surface area contributed by atoms with E-state index in [1.165, 1.54) is 5.56 Å². The molecule has 0 spiro atoms. The van der Waals surface area contributed by atoms with Gasteiger partial charge in [-0.2, -0.15) is 0 Å². The molecule has 6 heteroatoms. The van der Waals surface area contributed by atoms with Crippen LogP contribution in [0.15, 0.2) is 51.8 Å².